The zero-order valence-corrected chi connectivity index (χ0v) is 7.49. The molecule has 0 bridgehead atoms. The Hall–Kier alpha value is -1.02. The number of aliphatic hydroxyl groups excluding tert-OH is 1. The molecule has 0 aliphatic carbocycles. The van der Waals surface area contributed by atoms with Crippen LogP contribution in [0, 0.1) is 5.92 Å². The SMILES string of the molecule is CC(C)C(O)c1ccc(N)cc1. The van der Waals surface area contributed by atoms with Gasteiger partial charge in [0.15, 0.2) is 0 Å². The standard InChI is InChI=1S/C10H15NO/c1-7(2)10(12)8-3-5-9(11)6-4-8/h3-7,10,12H,11H2,1-2H3. The van der Waals surface area contributed by atoms with Crippen LogP contribution in [0.4, 0.5) is 5.69 Å². The molecule has 1 aromatic rings. The van der Waals surface area contributed by atoms with Gasteiger partial charge < -0.3 is 10.8 Å². The number of hydrogen-bond donors (Lipinski definition) is 2. The van der Waals surface area contributed by atoms with Gasteiger partial charge in [-0.05, 0) is 23.6 Å². The summed E-state index contributed by atoms with van der Waals surface area (Å²) in [6, 6.07) is 7.34. The van der Waals surface area contributed by atoms with E-state index >= 15 is 0 Å². The summed E-state index contributed by atoms with van der Waals surface area (Å²) in [6.07, 6.45) is -0.384. The molecule has 3 N–H and O–H groups in total. The Labute approximate surface area is 73.0 Å². The van der Waals surface area contributed by atoms with Crippen LogP contribution in [-0.4, -0.2) is 5.11 Å². The highest BCUT2D eigenvalue weighted by atomic mass is 16.3. The minimum absolute atomic E-state index is 0.244. The molecule has 0 saturated carbocycles. The Bertz CT molecular complexity index is 241. The van der Waals surface area contributed by atoms with E-state index in [1.807, 2.05) is 26.0 Å². The summed E-state index contributed by atoms with van der Waals surface area (Å²) in [4.78, 5) is 0. The predicted octanol–water partition coefficient (Wildman–Crippen LogP) is 1.96. The second kappa shape index (κ2) is 3.59. The first-order valence-corrected chi connectivity index (χ1v) is 4.14. The second-order valence-electron chi connectivity index (χ2n) is 3.36. The van der Waals surface area contributed by atoms with Gasteiger partial charge in [0, 0.05) is 5.69 Å². The number of nitrogens with two attached hydrogens (primary N) is 1. The van der Waals surface area contributed by atoms with E-state index in [1.54, 1.807) is 12.1 Å². The van der Waals surface area contributed by atoms with Crippen LogP contribution in [0.3, 0.4) is 0 Å². The van der Waals surface area contributed by atoms with Gasteiger partial charge in [0.25, 0.3) is 0 Å². The summed E-state index contributed by atoms with van der Waals surface area (Å²) >= 11 is 0. The first-order valence-electron chi connectivity index (χ1n) is 4.14. The van der Waals surface area contributed by atoms with Gasteiger partial charge in [0.1, 0.15) is 0 Å². The van der Waals surface area contributed by atoms with Crippen LogP contribution in [0.2, 0.25) is 0 Å². The van der Waals surface area contributed by atoms with Crippen LogP contribution in [0.25, 0.3) is 0 Å². The van der Waals surface area contributed by atoms with Crippen LogP contribution in [0.1, 0.15) is 25.5 Å². The van der Waals surface area contributed by atoms with E-state index in [0.29, 0.717) is 0 Å². The van der Waals surface area contributed by atoms with Crippen LogP contribution in [-0.2, 0) is 0 Å². The van der Waals surface area contributed by atoms with E-state index in [9.17, 15) is 5.11 Å². The molecule has 0 spiro atoms. The molecule has 0 aromatic heterocycles. The number of rotatable bonds is 2. The molecule has 0 aliphatic heterocycles. The summed E-state index contributed by atoms with van der Waals surface area (Å²) < 4.78 is 0. The van der Waals surface area contributed by atoms with Crippen LogP contribution >= 0.6 is 0 Å². The fraction of sp³-hybridized carbons (Fsp3) is 0.400. The van der Waals surface area contributed by atoms with Crippen molar-refractivity contribution in [3.63, 3.8) is 0 Å². The quantitative estimate of drug-likeness (QED) is 0.658. The van der Waals surface area contributed by atoms with Gasteiger partial charge in [-0.1, -0.05) is 26.0 Å². The molecule has 0 fully saturated rings. The molecule has 1 unspecified atom stereocenters. The number of hydrogen-bond acceptors (Lipinski definition) is 2. The van der Waals surface area contributed by atoms with Crippen LogP contribution in [0.5, 0.6) is 0 Å². The Kier molecular flexibility index (Phi) is 2.71. The lowest BCUT2D eigenvalue weighted by molar-refractivity contribution is 0.127. The van der Waals surface area contributed by atoms with Crippen molar-refractivity contribution >= 4 is 5.69 Å². The largest absolute Gasteiger partial charge is 0.399 e. The maximum absolute atomic E-state index is 9.65. The average molecular weight is 165 g/mol. The first-order chi connectivity index (χ1) is 5.61. The van der Waals surface area contributed by atoms with E-state index in [1.165, 1.54) is 0 Å². The predicted molar refractivity (Wildman–Crippen MR) is 50.7 cm³/mol. The summed E-state index contributed by atoms with van der Waals surface area (Å²) in [7, 11) is 0. The highest BCUT2D eigenvalue weighted by Crippen LogP contribution is 2.21. The Morgan fingerprint density at radius 3 is 2.08 bits per heavy atom. The third-order valence-corrected chi connectivity index (χ3v) is 1.91. The highest BCUT2D eigenvalue weighted by molar-refractivity contribution is 5.39. The molecule has 2 heteroatoms. The Balaban J connectivity index is 2.82. The highest BCUT2D eigenvalue weighted by Gasteiger charge is 2.10. The van der Waals surface area contributed by atoms with E-state index < -0.39 is 0 Å². The fourth-order valence-electron chi connectivity index (χ4n) is 1.08. The topological polar surface area (TPSA) is 46.2 Å². The second-order valence-corrected chi connectivity index (χ2v) is 3.36. The molecule has 0 amide bonds. The zero-order valence-electron chi connectivity index (χ0n) is 7.49. The molecule has 12 heavy (non-hydrogen) atoms. The van der Waals surface area contributed by atoms with E-state index in [4.69, 9.17) is 5.73 Å². The number of nitrogen functional groups attached to an aromatic ring is 1. The molecule has 0 radical (unpaired) electrons. The van der Waals surface area contributed by atoms with Crippen molar-refractivity contribution < 1.29 is 5.11 Å². The van der Waals surface area contributed by atoms with Crippen molar-refractivity contribution in [3.8, 4) is 0 Å². The zero-order chi connectivity index (χ0) is 9.14. The van der Waals surface area contributed by atoms with Crippen molar-refractivity contribution in [1.29, 1.82) is 0 Å². The van der Waals surface area contributed by atoms with E-state index in [-0.39, 0.29) is 12.0 Å². The maximum Gasteiger partial charge on any atom is 0.0812 e. The van der Waals surface area contributed by atoms with E-state index in [0.717, 1.165) is 11.3 Å². The third-order valence-electron chi connectivity index (χ3n) is 1.91. The molecule has 0 aliphatic rings. The molecule has 1 aromatic carbocycles. The lowest BCUT2D eigenvalue weighted by Crippen LogP contribution is -2.05. The van der Waals surface area contributed by atoms with Crippen molar-refractivity contribution in [1.82, 2.24) is 0 Å². The molecular weight excluding hydrogens is 150 g/mol. The normalized spacial score (nSPS) is 13.3. The van der Waals surface area contributed by atoms with Gasteiger partial charge >= 0.3 is 0 Å². The van der Waals surface area contributed by atoms with Crippen molar-refractivity contribution in [3.05, 3.63) is 29.8 Å². The summed E-state index contributed by atoms with van der Waals surface area (Å²) in [5.74, 6) is 0.244. The van der Waals surface area contributed by atoms with Gasteiger partial charge in [-0.15, -0.1) is 0 Å². The number of benzene rings is 1. The van der Waals surface area contributed by atoms with Gasteiger partial charge in [-0.25, -0.2) is 0 Å². The molecule has 2 nitrogen and oxygen atoms in total. The lowest BCUT2D eigenvalue weighted by atomic mass is 9.99. The van der Waals surface area contributed by atoms with Crippen LogP contribution in [0.15, 0.2) is 24.3 Å². The number of anilines is 1. The van der Waals surface area contributed by atoms with Gasteiger partial charge in [0.05, 0.1) is 6.10 Å². The van der Waals surface area contributed by atoms with Crippen molar-refractivity contribution in [2.45, 2.75) is 20.0 Å². The summed E-state index contributed by atoms with van der Waals surface area (Å²) in [5, 5.41) is 9.65. The summed E-state index contributed by atoms with van der Waals surface area (Å²) in [6.45, 7) is 3.97. The Morgan fingerprint density at radius 1 is 1.17 bits per heavy atom. The maximum atomic E-state index is 9.65. The van der Waals surface area contributed by atoms with Crippen LogP contribution < -0.4 is 5.73 Å². The third kappa shape index (κ3) is 1.98. The van der Waals surface area contributed by atoms with Crippen molar-refractivity contribution in [2.24, 2.45) is 5.92 Å². The molecule has 1 atom stereocenters. The summed E-state index contributed by atoms with van der Waals surface area (Å²) in [5.41, 5.74) is 7.18. The molecule has 1 rings (SSSR count). The molecule has 0 saturated heterocycles. The van der Waals surface area contributed by atoms with Gasteiger partial charge in [-0.2, -0.15) is 0 Å². The monoisotopic (exact) mass is 165 g/mol. The minimum Gasteiger partial charge on any atom is -0.399 e. The first kappa shape index (κ1) is 9.07. The van der Waals surface area contributed by atoms with Crippen molar-refractivity contribution in [2.75, 3.05) is 5.73 Å². The van der Waals surface area contributed by atoms with Gasteiger partial charge in [-0.3, -0.25) is 0 Å². The van der Waals surface area contributed by atoms with E-state index in [2.05, 4.69) is 0 Å². The molecule has 66 valence electrons. The average Bonchev–Trinajstić information content (AvgIpc) is 2.04. The Morgan fingerprint density at radius 2 is 1.67 bits per heavy atom. The fourth-order valence-corrected chi connectivity index (χ4v) is 1.08. The van der Waals surface area contributed by atoms with Gasteiger partial charge in [0.2, 0.25) is 0 Å². The molecule has 0 heterocycles. The minimum atomic E-state index is -0.384. The number of aliphatic hydroxyl groups is 1. The lowest BCUT2D eigenvalue weighted by Gasteiger charge is -2.14. The molecular formula is C10H15NO. The smallest absolute Gasteiger partial charge is 0.0812 e.